The van der Waals surface area contributed by atoms with Crippen LogP contribution in [0.1, 0.15) is 32.4 Å². The van der Waals surface area contributed by atoms with Crippen molar-refractivity contribution < 1.29 is 4.79 Å². The molecule has 4 rings (SSSR count). The van der Waals surface area contributed by atoms with Crippen LogP contribution in [-0.4, -0.2) is 22.3 Å². The first-order chi connectivity index (χ1) is 12.1. The number of halogens is 2. The van der Waals surface area contributed by atoms with Crippen molar-refractivity contribution >= 4 is 40.4 Å². The average Bonchev–Trinajstić information content (AvgIpc) is 3.10. The van der Waals surface area contributed by atoms with Gasteiger partial charge in [-0.05, 0) is 41.1 Å². The summed E-state index contributed by atoms with van der Waals surface area (Å²) in [5.74, 6) is -0.125. The molecule has 0 saturated heterocycles. The summed E-state index contributed by atoms with van der Waals surface area (Å²) in [4.78, 5) is 20.4. The predicted molar refractivity (Wildman–Crippen MR) is 102 cm³/mol. The van der Waals surface area contributed by atoms with Crippen molar-refractivity contribution in [1.82, 2.24) is 9.88 Å². The SMILES string of the molecule is O=C(c1ccc(Cl)nc1Cl)N1CCc2sccc2C1c1ccccc1. The summed E-state index contributed by atoms with van der Waals surface area (Å²) in [6.07, 6.45) is 0.848. The molecule has 25 heavy (non-hydrogen) atoms. The van der Waals surface area contributed by atoms with Crippen molar-refractivity contribution in [3.05, 3.63) is 85.8 Å². The highest BCUT2D eigenvalue weighted by molar-refractivity contribution is 7.10. The summed E-state index contributed by atoms with van der Waals surface area (Å²) in [5.41, 5.74) is 2.66. The second-order valence-corrected chi connectivity index (χ2v) is 7.58. The quantitative estimate of drug-likeness (QED) is 0.562. The van der Waals surface area contributed by atoms with Gasteiger partial charge in [0.25, 0.3) is 5.91 Å². The summed E-state index contributed by atoms with van der Waals surface area (Å²) >= 11 is 13.8. The summed E-state index contributed by atoms with van der Waals surface area (Å²) in [7, 11) is 0. The maximum Gasteiger partial charge on any atom is 0.257 e. The number of hydrogen-bond donors (Lipinski definition) is 0. The van der Waals surface area contributed by atoms with Gasteiger partial charge in [0.05, 0.1) is 11.6 Å². The van der Waals surface area contributed by atoms with E-state index in [-0.39, 0.29) is 22.3 Å². The van der Waals surface area contributed by atoms with E-state index >= 15 is 0 Å². The molecule has 0 saturated carbocycles. The Morgan fingerprint density at radius 1 is 1.12 bits per heavy atom. The van der Waals surface area contributed by atoms with Gasteiger partial charge in [0.2, 0.25) is 0 Å². The molecule has 2 aromatic heterocycles. The van der Waals surface area contributed by atoms with Crippen LogP contribution in [0.25, 0.3) is 0 Å². The van der Waals surface area contributed by atoms with E-state index in [0.29, 0.717) is 12.1 Å². The maximum absolute atomic E-state index is 13.2. The number of fused-ring (bicyclic) bond motifs is 1. The highest BCUT2D eigenvalue weighted by Gasteiger charge is 2.34. The molecule has 0 fully saturated rings. The number of carbonyl (C=O) groups is 1. The van der Waals surface area contributed by atoms with Crippen molar-refractivity contribution in [2.24, 2.45) is 0 Å². The van der Waals surface area contributed by atoms with E-state index in [1.54, 1.807) is 23.5 Å². The summed E-state index contributed by atoms with van der Waals surface area (Å²) in [6.45, 7) is 0.644. The summed E-state index contributed by atoms with van der Waals surface area (Å²) in [6, 6.07) is 15.3. The van der Waals surface area contributed by atoms with Crippen LogP contribution in [0.4, 0.5) is 0 Å². The lowest BCUT2D eigenvalue weighted by molar-refractivity contribution is 0.0696. The Morgan fingerprint density at radius 3 is 2.68 bits per heavy atom. The predicted octanol–water partition coefficient (Wildman–Crippen LogP) is 5.24. The Bertz CT molecular complexity index is 926. The van der Waals surface area contributed by atoms with E-state index in [9.17, 15) is 4.79 Å². The van der Waals surface area contributed by atoms with E-state index in [1.165, 1.54) is 10.4 Å². The first kappa shape index (κ1) is 16.6. The van der Waals surface area contributed by atoms with Gasteiger partial charge in [-0.2, -0.15) is 0 Å². The van der Waals surface area contributed by atoms with Crippen molar-refractivity contribution in [2.75, 3.05) is 6.54 Å². The molecular weight excluding hydrogens is 375 g/mol. The van der Waals surface area contributed by atoms with Crippen LogP contribution in [0.5, 0.6) is 0 Å². The van der Waals surface area contributed by atoms with Crippen LogP contribution in [0.15, 0.2) is 53.9 Å². The Kier molecular flexibility index (Phi) is 4.50. The molecule has 1 atom stereocenters. The number of benzene rings is 1. The van der Waals surface area contributed by atoms with Crippen LogP contribution in [0.2, 0.25) is 10.3 Å². The first-order valence-electron chi connectivity index (χ1n) is 7.89. The molecule has 6 heteroatoms. The van der Waals surface area contributed by atoms with E-state index in [2.05, 4.69) is 28.6 Å². The number of amides is 1. The zero-order chi connectivity index (χ0) is 17.4. The largest absolute Gasteiger partial charge is 0.327 e. The molecule has 0 bridgehead atoms. The third-order valence-corrected chi connectivity index (χ3v) is 5.88. The van der Waals surface area contributed by atoms with E-state index in [1.807, 2.05) is 23.1 Å². The Balaban J connectivity index is 1.79. The van der Waals surface area contributed by atoms with Crippen LogP contribution in [0, 0.1) is 0 Å². The maximum atomic E-state index is 13.2. The second kappa shape index (κ2) is 6.79. The van der Waals surface area contributed by atoms with Crippen LogP contribution in [-0.2, 0) is 6.42 Å². The number of hydrogen-bond acceptors (Lipinski definition) is 3. The first-order valence-corrected chi connectivity index (χ1v) is 9.53. The van der Waals surface area contributed by atoms with Crippen LogP contribution < -0.4 is 0 Å². The molecule has 3 heterocycles. The lowest BCUT2D eigenvalue weighted by Crippen LogP contribution is -2.40. The van der Waals surface area contributed by atoms with Crippen molar-refractivity contribution in [2.45, 2.75) is 12.5 Å². The van der Waals surface area contributed by atoms with E-state index < -0.39 is 0 Å². The Hall–Kier alpha value is -1.88. The van der Waals surface area contributed by atoms with Crippen LogP contribution >= 0.6 is 34.5 Å². The normalized spacial score (nSPS) is 16.6. The van der Waals surface area contributed by atoms with Gasteiger partial charge >= 0.3 is 0 Å². The van der Waals surface area contributed by atoms with Crippen LogP contribution in [0.3, 0.4) is 0 Å². The van der Waals surface area contributed by atoms with Gasteiger partial charge in [-0.3, -0.25) is 4.79 Å². The highest BCUT2D eigenvalue weighted by atomic mass is 35.5. The van der Waals surface area contributed by atoms with Gasteiger partial charge in [-0.25, -0.2) is 4.98 Å². The Labute approximate surface area is 159 Å². The fourth-order valence-electron chi connectivity index (χ4n) is 3.26. The summed E-state index contributed by atoms with van der Waals surface area (Å²) < 4.78 is 0. The number of thiophene rings is 1. The number of pyridine rings is 1. The minimum absolute atomic E-state index is 0.115. The van der Waals surface area contributed by atoms with Gasteiger partial charge in [0, 0.05) is 11.4 Å². The molecule has 126 valence electrons. The fraction of sp³-hybridized carbons (Fsp3) is 0.158. The highest BCUT2D eigenvalue weighted by Crippen LogP contribution is 2.38. The monoisotopic (exact) mass is 388 g/mol. The molecular formula is C19H14Cl2N2OS. The standard InChI is InChI=1S/C19H14Cl2N2OS/c20-16-7-6-14(18(21)22-16)19(24)23-10-8-15-13(9-11-25-15)17(23)12-4-2-1-3-5-12/h1-7,9,11,17H,8,10H2. The molecule has 3 aromatic rings. The van der Waals surface area contributed by atoms with E-state index in [4.69, 9.17) is 23.2 Å². The zero-order valence-electron chi connectivity index (χ0n) is 13.2. The molecule has 0 N–H and O–H groups in total. The number of carbonyl (C=O) groups excluding carboxylic acids is 1. The third-order valence-electron chi connectivity index (χ3n) is 4.39. The van der Waals surface area contributed by atoms with Gasteiger partial charge in [-0.1, -0.05) is 53.5 Å². The van der Waals surface area contributed by atoms with Gasteiger partial charge in [0.1, 0.15) is 10.3 Å². The Morgan fingerprint density at radius 2 is 1.92 bits per heavy atom. The lowest BCUT2D eigenvalue weighted by atomic mass is 9.92. The lowest BCUT2D eigenvalue weighted by Gasteiger charge is -2.36. The number of aromatic nitrogens is 1. The van der Waals surface area contributed by atoms with Crippen molar-refractivity contribution in [3.63, 3.8) is 0 Å². The molecule has 1 unspecified atom stereocenters. The van der Waals surface area contributed by atoms with Gasteiger partial charge < -0.3 is 4.90 Å². The average molecular weight is 389 g/mol. The molecule has 0 spiro atoms. The summed E-state index contributed by atoms with van der Waals surface area (Å²) in [5, 5.41) is 2.51. The number of rotatable bonds is 2. The molecule has 0 aliphatic carbocycles. The topological polar surface area (TPSA) is 33.2 Å². The molecule has 1 aliphatic rings. The smallest absolute Gasteiger partial charge is 0.257 e. The minimum Gasteiger partial charge on any atom is -0.327 e. The molecule has 1 aliphatic heterocycles. The third kappa shape index (κ3) is 3.06. The molecule has 3 nitrogen and oxygen atoms in total. The molecule has 0 radical (unpaired) electrons. The zero-order valence-corrected chi connectivity index (χ0v) is 15.5. The molecule has 1 aromatic carbocycles. The van der Waals surface area contributed by atoms with Crippen molar-refractivity contribution in [3.8, 4) is 0 Å². The number of nitrogens with zero attached hydrogens (tertiary/aromatic N) is 2. The van der Waals surface area contributed by atoms with E-state index in [0.717, 1.165) is 12.0 Å². The van der Waals surface area contributed by atoms with Gasteiger partial charge in [0.15, 0.2) is 0 Å². The van der Waals surface area contributed by atoms with Crippen molar-refractivity contribution in [1.29, 1.82) is 0 Å². The van der Waals surface area contributed by atoms with Gasteiger partial charge in [-0.15, -0.1) is 11.3 Å². The minimum atomic E-state index is -0.125. The second-order valence-electron chi connectivity index (χ2n) is 5.83. The fourth-order valence-corrected chi connectivity index (χ4v) is 4.59. The molecule has 1 amide bonds.